The number of nitrogens with one attached hydrogen (secondary N) is 2. The van der Waals surface area contributed by atoms with Crippen LogP contribution in [0.25, 0.3) is 0 Å². The predicted molar refractivity (Wildman–Crippen MR) is 83.5 cm³/mol. The molecule has 118 valence electrons. The van der Waals surface area contributed by atoms with Crippen molar-refractivity contribution in [3.05, 3.63) is 22.7 Å². The molecule has 2 rings (SSSR count). The van der Waals surface area contributed by atoms with Crippen LogP contribution < -0.4 is 14.8 Å². The van der Waals surface area contributed by atoms with Gasteiger partial charge in [-0.3, -0.25) is 0 Å². The molecular formula is C14H21ClN2O3S. The Morgan fingerprint density at radius 3 is 2.76 bits per heavy atom. The third-order valence-electron chi connectivity index (χ3n) is 3.87. The number of hydrogen-bond acceptors (Lipinski definition) is 4. The standard InChI is InChI=1S/C14H21ClN2O3S/c1-9-4-5-16-8-12(9)17-21(18,19)14-7-11(15)13(20-3)6-10(14)2/h6-7,9,12,16-17H,4-5,8H2,1-3H3. The summed E-state index contributed by atoms with van der Waals surface area (Å²) in [5, 5.41) is 3.50. The van der Waals surface area contributed by atoms with E-state index in [9.17, 15) is 8.42 Å². The second-order valence-electron chi connectivity index (χ2n) is 5.45. The number of rotatable bonds is 4. The molecular weight excluding hydrogens is 312 g/mol. The fourth-order valence-corrected chi connectivity index (χ4v) is 4.40. The van der Waals surface area contributed by atoms with Crippen molar-refractivity contribution in [1.82, 2.24) is 10.0 Å². The van der Waals surface area contributed by atoms with Gasteiger partial charge in [0.15, 0.2) is 0 Å². The summed E-state index contributed by atoms with van der Waals surface area (Å²) in [5.74, 6) is 0.774. The first-order valence-corrected chi connectivity index (χ1v) is 8.78. The maximum atomic E-state index is 12.6. The van der Waals surface area contributed by atoms with E-state index in [4.69, 9.17) is 16.3 Å². The molecule has 0 amide bonds. The Bertz CT molecular complexity index is 619. The van der Waals surface area contributed by atoms with Crippen LogP contribution in [0.15, 0.2) is 17.0 Å². The Hall–Kier alpha value is -0.820. The van der Waals surface area contributed by atoms with Crippen LogP contribution in [-0.4, -0.2) is 34.7 Å². The zero-order valence-electron chi connectivity index (χ0n) is 12.4. The van der Waals surface area contributed by atoms with Crippen LogP contribution in [0.3, 0.4) is 0 Å². The van der Waals surface area contributed by atoms with Crippen molar-refractivity contribution >= 4 is 21.6 Å². The van der Waals surface area contributed by atoms with Gasteiger partial charge in [-0.1, -0.05) is 18.5 Å². The molecule has 1 aromatic carbocycles. The average molecular weight is 333 g/mol. The molecule has 2 unspecified atom stereocenters. The van der Waals surface area contributed by atoms with Gasteiger partial charge in [0.25, 0.3) is 0 Å². The molecule has 0 radical (unpaired) electrons. The number of methoxy groups -OCH3 is 1. The fourth-order valence-electron chi connectivity index (χ4n) is 2.49. The number of sulfonamides is 1. The minimum Gasteiger partial charge on any atom is -0.495 e. The topological polar surface area (TPSA) is 67.4 Å². The maximum absolute atomic E-state index is 12.6. The Morgan fingerprint density at radius 2 is 2.14 bits per heavy atom. The van der Waals surface area contributed by atoms with Gasteiger partial charge in [-0.25, -0.2) is 13.1 Å². The van der Waals surface area contributed by atoms with Crippen molar-refractivity contribution in [3.8, 4) is 5.75 Å². The van der Waals surface area contributed by atoms with Crippen LogP contribution in [0.4, 0.5) is 0 Å². The lowest BCUT2D eigenvalue weighted by Gasteiger charge is -2.30. The van der Waals surface area contributed by atoms with Crippen LogP contribution in [0.2, 0.25) is 5.02 Å². The zero-order chi connectivity index (χ0) is 15.6. The van der Waals surface area contributed by atoms with Gasteiger partial charge in [0, 0.05) is 12.6 Å². The highest BCUT2D eigenvalue weighted by Crippen LogP contribution is 2.30. The summed E-state index contributed by atoms with van der Waals surface area (Å²) in [6.07, 6.45) is 0.954. The maximum Gasteiger partial charge on any atom is 0.241 e. The lowest BCUT2D eigenvalue weighted by molar-refractivity contribution is 0.327. The molecule has 0 aliphatic carbocycles. The highest BCUT2D eigenvalue weighted by atomic mass is 35.5. The minimum atomic E-state index is -3.60. The fraction of sp³-hybridized carbons (Fsp3) is 0.571. The molecule has 2 atom stereocenters. The summed E-state index contributed by atoms with van der Waals surface area (Å²) in [6, 6.07) is 2.97. The number of hydrogen-bond donors (Lipinski definition) is 2. The summed E-state index contributed by atoms with van der Waals surface area (Å²) in [7, 11) is -2.10. The lowest BCUT2D eigenvalue weighted by atomic mass is 9.96. The smallest absolute Gasteiger partial charge is 0.241 e. The first kappa shape index (κ1) is 16.5. The Labute approximate surface area is 131 Å². The van der Waals surface area contributed by atoms with Crippen LogP contribution in [-0.2, 0) is 10.0 Å². The van der Waals surface area contributed by atoms with E-state index in [0.29, 0.717) is 28.8 Å². The van der Waals surface area contributed by atoms with Crippen LogP contribution >= 0.6 is 11.6 Å². The van der Waals surface area contributed by atoms with E-state index in [1.807, 2.05) is 0 Å². The van der Waals surface area contributed by atoms with Crippen molar-refractivity contribution in [2.75, 3.05) is 20.2 Å². The summed E-state index contributed by atoms with van der Waals surface area (Å²) in [5.41, 5.74) is 0.611. The molecule has 0 aromatic heterocycles. The molecule has 1 fully saturated rings. The number of halogens is 1. The van der Waals surface area contributed by atoms with E-state index in [-0.39, 0.29) is 10.9 Å². The van der Waals surface area contributed by atoms with E-state index >= 15 is 0 Å². The van der Waals surface area contributed by atoms with E-state index in [1.54, 1.807) is 13.0 Å². The largest absolute Gasteiger partial charge is 0.495 e. The van der Waals surface area contributed by atoms with Crippen molar-refractivity contribution in [2.24, 2.45) is 5.92 Å². The first-order chi connectivity index (χ1) is 9.85. The monoisotopic (exact) mass is 332 g/mol. The van der Waals surface area contributed by atoms with Crippen molar-refractivity contribution < 1.29 is 13.2 Å². The highest BCUT2D eigenvalue weighted by Gasteiger charge is 2.28. The molecule has 7 heteroatoms. The summed E-state index contributed by atoms with van der Waals surface area (Å²) in [4.78, 5) is 0.200. The summed E-state index contributed by atoms with van der Waals surface area (Å²) < 4.78 is 33.0. The predicted octanol–water partition coefficient (Wildman–Crippen LogP) is 1.93. The molecule has 0 spiro atoms. The highest BCUT2D eigenvalue weighted by molar-refractivity contribution is 7.89. The molecule has 1 aromatic rings. The van der Waals surface area contributed by atoms with E-state index in [0.717, 1.165) is 13.0 Å². The van der Waals surface area contributed by atoms with Crippen LogP contribution in [0.1, 0.15) is 18.9 Å². The Balaban J connectivity index is 2.29. The molecule has 0 bridgehead atoms. The molecule has 0 saturated carbocycles. The van der Waals surface area contributed by atoms with Crippen molar-refractivity contribution in [1.29, 1.82) is 0 Å². The lowest BCUT2D eigenvalue weighted by Crippen LogP contribution is -2.50. The Kier molecular flexibility index (Phi) is 5.14. The second-order valence-corrected chi connectivity index (χ2v) is 7.54. The Morgan fingerprint density at radius 1 is 1.43 bits per heavy atom. The SMILES string of the molecule is COc1cc(C)c(S(=O)(=O)NC2CNCCC2C)cc1Cl. The van der Waals surface area contributed by atoms with Crippen molar-refractivity contribution in [3.63, 3.8) is 0 Å². The van der Waals surface area contributed by atoms with Gasteiger partial charge in [0.2, 0.25) is 10.0 Å². The molecule has 1 aliphatic heterocycles. The van der Waals surface area contributed by atoms with E-state index in [1.165, 1.54) is 13.2 Å². The molecule has 1 aliphatic rings. The van der Waals surface area contributed by atoms with E-state index in [2.05, 4.69) is 17.0 Å². The molecule has 21 heavy (non-hydrogen) atoms. The van der Waals surface area contributed by atoms with Gasteiger partial charge in [-0.2, -0.15) is 0 Å². The zero-order valence-corrected chi connectivity index (χ0v) is 14.0. The third kappa shape index (κ3) is 3.69. The number of aryl methyl sites for hydroxylation is 1. The number of ether oxygens (including phenoxy) is 1. The van der Waals surface area contributed by atoms with E-state index < -0.39 is 10.0 Å². The average Bonchev–Trinajstić information content (AvgIpc) is 2.43. The van der Waals surface area contributed by atoms with Gasteiger partial charge >= 0.3 is 0 Å². The third-order valence-corrected chi connectivity index (χ3v) is 5.80. The second kappa shape index (κ2) is 6.52. The number of benzene rings is 1. The van der Waals surface area contributed by atoms with Crippen LogP contribution in [0.5, 0.6) is 5.75 Å². The van der Waals surface area contributed by atoms with Crippen molar-refractivity contribution in [2.45, 2.75) is 31.2 Å². The first-order valence-electron chi connectivity index (χ1n) is 6.92. The summed E-state index contributed by atoms with van der Waals surface area (Å²) in [6.45, 7) is 5.36. The normalized spacial score (nSPS) is 23.0. The summed E-state index contributed by atoms with van der Waals surface area (Å²) >= 11 is 6.05. The van der Waals surface area contributed by atoms with Gasteiger partial charge in [-0.15, -0.1) is 0 Å². The molecule has 5 nitrogen and oxygen atoms in total. The molecule has 2 N–H and O–H groups in total. The van der Waals surface area contributed by atoms with Gasteiger partial charge in [-0.05, 0) is 43.5 Å². The van der Waals surface area contributed by atoms with Crippen LogP contribution in [0, 0.1) is 12.8 Å². The van der Waals surface area contributed by atoms with Gasteiger partial charge < -0.3 is 10.1 Å². The number of piperidine rings is 1. The van der Waals surface area contributed by atoms with Gasteiger partial charge in [0.1, 0.15) is 5.75 Å². The molecule has 1 heterocycles. The quantitative estimate of drug-likeness (QED) is 0.884. The minimum absolute atomic E-state index is 0.107. The van der Waals surface area contributed by atoms with Gasteiger partial charge in [0.05, 0.1) is 17.0 Å². The molecule has 1 saturated heterocycles.